The SMILES string of the molecule is NC(=O)COc1ccc(/C=C2\SC(=O)N(CC(=O)Nc3ccc4c(c3)OCO4)C2=O)cc1. The maximum Gasteiger partial charge on any atom is 0.294 e. The van der Waals surface area contributed by atoms with Gasteiger partial charge in [-0.05, 0) is 47.7 Å². The Kier molecular flexibility index (Phi) is 5.99. The van der Waals surface area contributed by atoms with Crippen LogP contribution >= 0.6 is 11.8 Å². The molecule has 32 heavy (non-hydrogen) atoms. The molecule has 164 valence electrons. The Balaban J connectivity index is 1.38. The molecule has 11 heteroatoms. The van der Waals surface area contributed by atoms with Gasteiger partial charge in [-0.25, -0.2) is 0 Å². The lowest BCUT2D eigenvalue weighted by molar-refractivity contribution is -0.127. The maximum absolute atomic E-state index is 12.6. The van der Waals surface area contributed by atoms with Crippen molar-refractivity contribution >= 4 is 46.5 Å². The zero-order valence-electron chi connectivity index (χ0n) is 16.5. The number of nitrogens with two attached hydrogens (primary N) is 1. The first kappa shape index (κ1) is 21.2. The molecule has 0 bridgehead atoms. The Labute approximate surface area is 186 Å². The van der Waals surface area contributed by atoms with Gasteiger partial charge in [0.25, 0.3) is 17.1 Å². The molecule has 2 aromatic carbocycles. The lowest BCUT2D eigenvalue weighted by Crippen LogP contribution is -2.36. The van der Waals surface area contributed by atoms with E-state index in [0.29, 0.717) is 28.5 Å². The Bertz CT molecular complexity index is 1130. The quantitative estimate of drug-likeness (QED) is 0.605. The number of benzene rings is 2. The highest BCUT2D eigenvalue weighted by atomic mass is 32.2. The van der Waals surface area contributed by atoms with Gasteiger partial charge in [0, 0.05) is 11.8 Å². The summed E-state index contributed by atoms with van der Waals surface area (Å²) in [5.41, 5.74) is 6.13. The standard InChI is InChI=1S/C21H17N3O7S/c22-18(25)10-29-14-4-1-12(2-5-14)7-17-20(27)24(21(28)32-17)9-19(26)23-13-3-6-15-16(8-13)31-11-30-15/h1-8H,9-11H2,(H2,22,25)(H,23,26)/b17-7-. The van der Waals surface area contributed by atoms with Gasteiger partial charge >= 0.3 is 0 Å². The average molecular weight is 455 g/mol. The normalized spacial score (nSPS) is 15.9. The minimum Gasteiger partial charge on any atom is -0.484 e. The molecule has 3 N–H and O–H groups in total. The largest absolute Gasteiger partial charge is 0.484 e. The molecule has 0 radical (unpaired) electrons. The fourth-order valence-corrected chi connectivity index (χ4v) is 3.76. The number of carbonyl (C=O) groups excluding carboxylic acids is 4. The number of rotatable bonds is 7. The summed E-state index contributed by atoms with van der Waals surface area (Å²) in [4.78, 5) is 49.1. The van der Waals surface area contributed by atoms with Crippen LogP contribution in [0.4, 0.5) is 10.5 Å². The number of imide groups is 1. The van der Waals surface area contributed by atoms with Crippen molar-refractivity contribution in [3.8, 4) is 17.2 Å². The number of nitrogens with zero attached hydrogens (tertiary/aromatic N) is 1. The summed E-state index contributed by atoms with van der Waals surface area (Å²) in [7, 11) is 0. The van der Waals surface area contributed by atoms with Crippen molar-refractivity contribution in [1.82, 2.24) is 4.90 Å². The van der Waals surface area contributed by atoms with Crippen molar-refractivity contribution in [2.75, 3.05) is 25.3 Å². The molecule has 1 saturated heterocycles. The van der Waals surface area contributed by atoms with Crippen LogP contribution in [0.1, 0.15) is 5.56 Å². The first-order valence-corrected chi connectivity index (χ1v) is 10.2. The van der Waals surface area contributed by atoms with Crippen molar-refractivity contribution in [2.45, 2.75) is 0 Å². The summed E-state index contributed by atoms with van der Waals surface area (Å²) < 4.78 is 15.7. The zero-order valence-corrected chi connectivity index (χ0v) is 17.3. The molecule has 0 aromatic heterocycles. The van der Waals surface area contributed by atoms with E-state index < -0.39 is 29.5 Å². The van der Waals surface area contributed by atoms with E-state index in [-0.39, 0.29) is 18.3 Å². The summed E-state index contributed by atoms with van der Waals surface area (Å²) in [6.07, 6.45) is 1.54. The number of carbonyl (C=O) groups is 4. The lowest BCUT2D eigenvalue weighted by Gasteiger charge is -2.12. The van der Waals surface area contributed by atoms with Gasteiger partial charge in [0.05, 0.1) is 4.91 Å². The highest BCUT2D eigenvalue weighted by molar-refractivity contribution is 8.18. The maximum atomic E-state index is 12.6. The van der Waals surface area contributed by atoms with Gasteiger partial charge in [0.1, 0.15) is 12.3 Å². The molecule has 0 atom stereocenters. The second kappa shape index (κ2) is 9.02. The van der Waals surface area contributed by atoms with Gasteiger partial charge in [0.2, 0.25) is 12.7 Å². The van der Waals surface area contributed by atoms with E-state index in [9.17, 15) is 19.2 Å². The minimum absolute atomic E-state index is 0.110. The highest BCUT2D eigenvalue weighted by Gasteiger charge is 2.36. The van der Waals surface area contributed by atoms with Crippen LogP contribution in [0.25, 0.3) is 6.08 Å². The Morgan fingerprint density at radius 1 is 1.12 bits per heavy atom. The second-order valence-corrected chi connectivity index (χ2v) is 7.70. The van der Waals surface area contributed by atoms with E-state index in [1.54, 1.807) is 48.5 Å². The van der Waals surface area contributed by atoms with Crippen molar-refractivity contribution in [2.24, 2.45) is 5.73 Å². The van der Waals surface area contributed by atoms with E-state index in [1.165, 1.54) is 0 Å². The van der Waals surface area contributed by atoms with Gasteiger partial charge < -0.3 is 25.3 Å². The minimum atomic E-state index is -0.592. The first-order valence-electron chi connectivity index (χ1n) is 9.35. The summed E-state index contributed by atoms with van der Waals surface area (Å²) in [5.74, 6) is -0.160. The van der Waals surface area contributed by atoms with Crippen LogP contribution in [-0.4, -0.2) is 47.8 Å². The van der Waals surface area contributed by atoms with Crippen molar-refractivity contribution in [3.63, 3.8) is 0 Å². The van der Waals surface area contributed by atoms with E-state index in [4.69, 9.17) is 19.9 Å². The fraction of sp³-hybridized carbons (Fsp3) is 0.143. The number of nitrogens with one attached hydrogen (secondary N) is 1. The lowest BCUT2D eigenvalue weighted by atomic mass is 10.2. The number of amides is 4. The summed E-state index contributed by atoms with van der Waals surface area (Å²) in [6.45, 7) is -0.554. The second-order valence-electron chi connectivity index (χ2n) is 6.71. The molecule has 2 aliphatic rings. The molecule has 2 aliphatic heterocycles. The van der Waals surface area contributed by atoms with Crippen LogP contribution in [0.5, 0.6) is 17.2 Å². The van der Waals surface area contributed by atoms with E-state index in [0.717, 1.165) is 16.7 Å². The summed E-state index contributed by atoms with van der Waals surface area (Å²) in [5, 5.41) is 2.10. The number of hydrogen-bond acceptors (Lipinski definition) is 8. The molecule has 0 aliphatic carbocycles. The van der Waals surface area contributed by atoms with Gasteiger partial charge in [0.15, 0.2) is 18.1 Å². The van der Waals surface area contributed by atoms with E-state index in [2.05, 4.69) is 5.32 Å². The number of fused-ring (bicyclic) bond motifs is 1. The van der Waals surface area contributed by atoms with Gasteiger partial charge in [-0.3, -0.25) is 24.1 Å². The fourth-order valence-electron chi connectivity index (χ4n) is 2.92. The smallest absolute Gasteiger partial charge is 0.294 e. The number of anilines is 1. The van der Waals surface area contributed by atoms with Gasteiger partial charge in [-0.2, -0.15) is 0 Å². The molecule has 4 amide bonds. The number of hydrogen-bond donors (Lipinski definition) is 2. The number of primary amides is 1. The predicted octanol–water partition coefficient (Wildman–Crippen LogP) is 1.95. The Morgan fingerprint density at radius 3 is 2.62 bits per heavy atom. The zero-order chi connectivity index (χ0) is 22.7. The van der Waals surface area contributed by atoms with Crippen LogP contribution in [0.15, 0.2) is 47.4 Å². The molecule has 10 nitrogen and oxygen atoms in total. The van der Waals surface area contributed by atoms with Gasteiger partial charge in [-0.15, -0.1) is 0 Å². The monoisotopic (exact) mass is 455 g/mol. The molecule has 2 heterocycles. The van der Waals surface area contributed by atoms with Crippen LogP contribution < -0.4 is 25.3 Å². The number of ether oxygens (including phenoxy) is 3. The topological polar surface area (TPSA) is 137 Å². The third-order valence-electron chi connectivity index (χ3n) is 4.39. The molecular formula is C21H17N3O7S. The molecule has 0 saturated carbocycles. The van der Waals surface area contributed by atoms with Crippen molar-refractivity contribution in [3.05, 3.63) is 52.9 Å². The molecule has 0 unspecified atom stereocenters. The Hall–Kier alpha value is -3.99. The van der Waals surface area contributed by atoms with Crippen LogP contribution in [0.2, 0.25) is 0 Å². The average Bonchev–Trinajstić information content (AvgIpc) is 3.33. The van der Waals surface area contributed by atoms with Crippen LogP contribution in [0.3, 0.4) is 0 Å². The van der Waals surface area contributed by atoms with Crippen LogP contribution in [0, 0.1) is 0 Å². The first-order chi connectivity index (χ1) is 15.4. The number of thioether (sulfide) groups is 1. The highest BCUT2D eigenvalue weighted by Crippen LogP contribution is 2.35. The van der Waals surface area contributed by atoms with E-state index in [1.807, 2.05) is 0 Å². The molecule has 1 fully saturated rings. The third-order valence-corrected chi connectivity index (χ3v) is 5.30. The molecule has 0 spiro atoms. The van der Waals surface area contributed by atoms with Crippen LogP contribution in [-0.2, 0) is 14.4 Å². The Morgan fingerprint density at radius 2 is 1.88 bits per heavy atom. The molecular weight excluding hydrogens is 438 g/mol. The predicted molar refractivity (Wildman–Crippen MR) is 115 cm³/mol. The summed E-state index contributed by atoms with van der Waals surface area (Å²) >= 11 is 0.749. The summed E-state index contributed by atoms with van der Waals surface area (Å²) in [6, 6.07) is 11.4. The van der Waals surface area contributed by atoms with Crippen molar-refractivity contribution < 1.29 is 33.4 Å². The van der Waals surface area contributed by atoms with Gasteiger partial charge in [-0.1, -0.05) is 12.1 Å². The van der Waals surface area contributed by atoms with Crippen molar-refractivity contribution in [1.29, 1.82) is 0 Å². The van der Waals surface area contributed by atoms with E-state index >= 15 is 0 Å². The molecule has 4 rings (SSSR count). The molecule has 2 aromatic rings. The third kappa shape index (κ3) is 4.83.